The summed E-state index contributed by atoms with van der Waals surface area (Å²) in [6, 6.07) is 10.7. The summed E-state index contributed by atoms with van der Waals surface area (Å²) in [5, 5.41) is 4.15. The quantitative estimate of drug-likeness (QED) is 0.721. The molecule has 3 aromatic rings. The fraction of sp³-hybridized carbons (Fsp3) is 0. The first-order chi connectivity index (χ1) is 10.1. The van der Waals surface area contributed by atoms with Crippen LogP contribution in [0.2, 0.25) is 10.2 Å². The molecule has 1 N–H and O–H groups in total. The second-order valence-corrected chi connectivity index (χ2v) is 5.13. The van der Waals surface area contributed by atoms with E-state index in [4.69, 9.17) is 23.2 Å². The zero-order valence-corrected chi connectivity index (χ0v) is 12.2. The van der Waals surface area contributed by atoms with Gasteiger partial charge in [0.2, 0.25) is 0 Å². The molecule has 21 heavy (non-hydrogen) atoms. The Kier molecular flexibility index (Phi) is 3.73. The Morgan fingerprint density at radius 2 is 1.95 bits per heavy atom. The number of nitrogens with zero attached hydrogens (tertiary/aromatic N) is 2. The van der Waals surface area contributed by atoms with Gasteiger partial charge in [-0.05, 0) is 30.3 Å². The number of benzene rings is 1. The van der Waals surface area contributed by atoms with E-state index in [-0.39, 0.29) is 16.1 Å². The maximum atomic E-state index is 12.1. The molecule has 6 heteroatoms. The lowest BCUT2D eigenvalue weighted by Crippen LogP contribution is -2.12. The molecule has 2 heterocycles. The van der Waals surface area contributed by atoms with E-state index in [1.165, 1.54) is 12.3 Å². The monoisotopic (exact) mass is 317 g/mol. The molecule has 1 amide bonds. The third-order valence-electron chi connectivity index (χ3n) is 2.92. The van der Waals surface area contributed by atoms with Crippen LogP contribution >= 0.6 is 23.2 Å². The number of halogens is 2. The van der Waals surface area contributed by atoms with Gasteiger partial charge in [0.15, 0.2) is 0 Å². The van der Waals surface area contributed by atoms with Crippen LogP contribution in [0.1, 0.15) is 10.4 Å². The van der Waals surface area contributed by atoms with E-state index in [1.54, 1.807) is 12.3 Å². The summed E-state index contributed by atoms with van der Waals surface area (Å²) < 4.78 is 0. The summed E-state index contributed by atoms with van der Waals surface area (Å²) >= 11 is 11.6. The summed E-state index contributed by atoms with van der Waals surface area (Å²) in [7, 11) is 0. The van der Waals surface area contributed by atoms with Crippen molar-refractivity contribution < 1.29 is 4.79 Å². The Morgan fingerprint density at radius 1 is 1.10 bits per heavy atom. The van der Waals surface area contributed by atoms with Gasteiger partial charge in [0, 0.05) is 23.5 Å². The maximum absolute atomic E-state index is 12.1. The summed E-state index contributed by atoms with van der Waals surface area (Å²) in [5.74, 6) is -0.302. The Bertz CT molecular complexity index is 836. The minimum atomic E-state index is -0.302. The van der Waals surface area contributed by atoms with Crippen LogP contribution in [0.4, 0.5) is 5.69 Å². The number of anilines is 1. The lowest BCUT2D eigenvalue weighted by Gasteiger charge is -2.06. The minimum Gasteiger partial charge on any atom is -0.322 e. The van der Waals surface area contributed by atoms with Crippen LogP contribution in [-0.2, 0) is 0 Å². The number of carbonyl (C=O) groups is 1. The number of hydrogen-bond acceptors (Lipinski definition) is 3. The fourth-order valence-electron chi connectivity index (χ4n) is 1.90. The molecule has 3 rings (SSSR count). The largest absolute Gasteiger partial charge is 0.322 e. The Hall–Kier alpha value is -2.17. The predicted octanol–water partition coefficient (Wildman–Crippen LogP) is 4.19. The maximum Gasteiger partial charge on any atom is 0.257 e. The predicted molar refractivity (Wildman–Crippen MR) is 84.0 cm³/mol. The van der Waals surface area contributed by atoms with E-state index in [0.29, 0.717) is 11.3 Å². The molecule has 0 bridgehead atoms. The molecule has 104 valence electrons. The van der Waals surface area contributed by atoms with Crippen LogP contribution in [0.15, 0.2) is 48.8 Å². The number of nitrogens with one attached hydrogen (secondary N) is 1. The smallest absolute Gasteiger partial charge is 0.257 e. The van der Waals surface area contributed by atoms with E-state index in [9.17, 15) is 4.79 Å². The highest BCUT2D eigenvalue weighted by molar-refractivity contribution is 6.41. The van der Waals surface area contributed by atoms with Crippen LogP contribution in [0.5, 0.6) is 0 Å². The van der Waals surface area contributed by atoms with Crippen LogP contribution < -0.4 is 5.32 Å². The van der Waals surface area contributed by atoms with Gasteiger partial charge in [0.25, 0.3) is 5.91 Å². The third-order valence-corrected chi connectivity index (χ3v) is 3.61. The lowest BCUT2D eigenvalue weighted by atomic mass is 10.2. The van der Waals surface area contributed by atoms with Gasteiger partial charge in [-0.2, -0.15) is 0 Å². The molecule has 4 nitrogen and oxygen atoms in total. The third kappa shape index (κ3) is 2.96. The Labute approximate surface area is 130 Å². The summed E-state index contributed by atoms with van der Waals surface area (Å²) in [6.07, 6.45) is 3.11. The van der Waals surface area contributed by atoms with Crippen molar-refractivity contribution in [1.29, 1.82) is 0 Å². The number of aromatic nitrogens is 2. The molecular weight excluding hydrogens is 309 g/mol. The first-order valence-electron chi connectivity index (χ1n) is 6.11. The van der Waals surface area contributed by atoms with Crippen molar-refractivity contribution in [3.63, 3.8) is 0 Å². The van der Waals surface area contributed by atoms with Crippen molar-refractivity contribution in [2.24, 2.45) is 0 Å². The summed E-state index contributed by atoms with van der Waals surface area (Å²) in [4.78, 5) is 20.2. The molecule has 0 aliphatic rings. The highest BCUT2D eigenvalue weighted by Gasteiger charge is 2.09. The molecule has 0 fully saturated rings. The Morgan fingerprint density at radius 3 is 2.76 bits per heavy atom. The van der Waals surface area contributed by atoms with Gasteiger partial charge >= 0.3 is 0 Å². The SMILES string of the molecule is O=C(Nc1ccc2ncccc2c1)c1cnc(Cl)c(Cl)c1. The van der Waals surface area contributed by atoms with Crippen LogP contribution in [0.25, 0.3) is 10.9 Å². The molecule has 0 atom stereocenters. The average molecular weight is 318 g/mol. The van der Waals surface area contributed by atoms with Gasteiger partial charge in [0.05, 0.1) is 16.1 Å². The molecule has 0 unspecified atom stereocenters. The van der Waals surface area contributed by atoms with Gasteiger partial charge in [-0.1, -0.05) is 29.3 Å². The van der Waals surface area contributed by atoms with Crippen molar-refractivity contribution in [1.82, 2.24) is 9.97 Å². The average Bonchev–Trinajstić information content (AvgIpc) is 2.50. The van der Waals surface area contributed by atoms with E-state index in [1.807, 2.05) is 24.3 Å². The number of pyridine rings is 2. The second kappa shape index (κ2) is 5.68. The van der Waals surface area contributed by atoms with Crippen molar-refractivity contribution >= 4 is 45.7 Å². The molecule has 0 spiro atoms. The zero-order valence-electron chi connectivity index (χ0n) is 10.7. The van der Waals surface area contributed by atoms with Crippen molar-refractivity contribution in [2.75, 3.05) is 5.32 Å². The molecule has 0 aliphatic carbocycles. The summed E-state index contributed by atoms with van der Waals surface area (Å²) in [5.41, 5.74) is 1.88. The van der Waals surface area contributed by atoms with Gasteiger partial charge in [-0.3, -0.25) is 9.78 Å². The van der Waals surface area contributed by atoms with Gasteiger partial charge < -0.3 is 5.32 Å². The molecular formula is C15H9Cl2N3O. The normalized spacial score (nSPS) is 10.6. The molecule has 0 saturated heterocycles. The number of carbonyl (C=O) groups excluding carboxylic acids is 1. The van der Waals surface area contributed by atoms with E-state index >= 15 is 0 Å². The topological polar surface area (TPSA) is 54.9 Å². The van der Waals surface area contributed by atoms with E-state index in [0.717, 1.165) is 10.9 Å². The van der Waals surface area contributed by atoms with Crippen LogP contribution in [0, 0.1) is 0 Å². The Balaban J connectivity index is 1.87. The van der Waals surface area contributed by atoms with Gasteiger partial charge in [0.1, 0.15) is 5.15 Å². The summed E-state index contributed by atoms with van der Waals surface area (Å²) in [6.45, 7) is 0. The number of hydrogen-bond donors (Lipinski definition) is 1. The first-order valence-corrected chi connectivity index (χ1v) is 6.86. The molecule has 2 aromatic heterocycles. The van der Waals surface area contributed by atoms with Crippen LogP contribution in [0.3, 0.4) is 0 Å². The zero-order chi connectivity index (χ0) is 14.8. The minimum absolute atomic E-state index is 0.171. The fourth-order valence-corrected chi connectivity index (χ4v) is 2.17. The van der Waals surface area contributed by atoms with Crippen molar-refractivity contribution in [3.8, 4) is 0 Å². The molecule has 0 aliphatic heterocycles. The molecule has 1 aromatic carbocycles. The lowest BCUT2D eigenvalue weighted by molar-refractivity contribution is 0.102. The van der Waals surface area contributed by atoms with E-state index in [2.05, 4.69) is 15.3 Å². The standard InChI is InChI=1S/C15H9Cl2N3O/c16-12-7-10(8-19-14(12)17)15(21)20-11-3-4-13-9(6-11)2-1-5-18-13/h1-8H,(H,20,21). The highest BCUT2D eigenvalue weighted by atomic mass is 35.5. The number of fused-ring (bicyclic) bond motifs is 1. The molecule has 0 radical (unpaired) electrons. The van der Waals surface area contributed by atoms with Crippen molar-refractivity contribution in [2.45, 2.75) is 0 Å². The number of amides is 1. The highest BCUT2D eigenvalue weighted by Crippen LogP contribution is 2.21. The van der Waals surface area contributed by atoms with Gasteiger partial charge in [-0.15, -0.1) is 0 Å². The van der Waals surface area contributed by atoms with Crippen molar-refractivity contribution in [3.05, 3.63) is 64.5 Å². The van der Waals surface area contributed by atoms with E-state index < -0.39 is 0 Å². The molecule has 0 saturated carbocycles. The number of rotatable bonds is 2. The van der Waals surface area contributed by atoms with Crippen LogP contribution in [-0.4, -0.2) is 15.9 Å². The second-order valence-electron chi connectivity index (χ2n) is 4.36. The van der Waals surface area contributed by atoms with Gasteiger partial charge in [-0.25, -0.2) is 4.98 Å². The first kappa shape index (κ1) is 13.8.